The van der Waals surface area contributed by atoms with Gasteiger partial charge in [0.1, 0.15) is 16.7 Å². The quantitative estimate of drug-likeness (QED) is 0.177. The Labute approximate surface area is 352 Å². The van der Waals surface area contributed by atoms with Gasteiger partial charge in [-0.1, -0.05) is 121 Å². The molecule has 0 atom stereocenters. The van der Waals surface area contributed by atoms with Crippen LogP contribution in [0.3, 0.4) is 0 Å². The van der Waals surface area contributed by atoms with Gasteiger partial charge in [-0.15, -0.1) is 0 Å². The molecule has 62 heavy (non-hydrogen) atoms. The number of hydrogen-bond donors (Lipinski definition) is 0. The Balaban J connectivity index is 1.07. The van der Waals surface area contributed by atoms with E-state index in [2.05, 4.69) is 161 Å². The minimum Gasteiger partial charge on any atom is -0.456 e. The standard InChI is InChI=1S/C55H31N5O2/c1-2-14-33-30-47-42(29-32(33)13-1)37-17-5-8-20-43(37)59(47)46-28-27-41(51-40-19-7-12-24-49(40)62-52(46)51)54-56-53(34-25-26-39-38-18-6-11-23-48(38)61-50(39)31-34)57-55(58-54)60-44-21-9-3-15-35(44)36-16-4-10-22-45(36)60/h1-31H. The van der Waals surface area contributed by atoms with Crippen molar-refractivity contribution in [3.63, 3.8) is 0 Å². The highest BCUT2D eigenvalue weighted by molar-refractivity contribution is 6.18. The van der Waals surface area contributed by atoms with Crippen molar-refractivity contribution < 1.29 is 8.83 Å². The van der Waals surface area contributed by atoms with Gasteiger partial charge in [0.25, 0.3) is 0 Å². The van der Waals surface area contributed by atoms with Crippen molar-refractivity contribution in [3.05, 3.63) is 188 Å². The smallest absolute Gasteiger partial charge is 0.238 e. The summed E-state index contributed by atoms with van der Waals surface area (Å²) in [6, 6.07) is 65.5. The third-order valence-corrected chi connectivity index (χ3v) is 12.6. The van der Waals surface area contributed by atoms with Crippen LogP contribution in [0.5, 0.6) is 0 Å². The molecule has 0 amide bonds. The fraction of sp³-hybridized carbons (Fsp3) is 0. The van der Waals surface area contributed by atoms with Gasteiger partial charge < -0.3 is 13.4 Å². The van der Waals surface area contributed by atoms with Gasteiger partial charge in [-0.2, -0.15) is 9.97 Å². The number of hydrogen-bond acceptors (Lipinski definition) is 5. The molecule has 0 unspecified atom stereocenters. The van der Waals surface area contributed by atoms with Crippen molar-refractivity contribution in [1.29, 1.82) is 0 Å². The Morgan fingerprint density at radius 3 is 1.66 bits per heavy atom. The highest BCUT2D eigenvalue weighted by atomic mass is 16.3. The maximum Gasteiger partial charge on any atom is 0.238 e. The molecule has 14 aromatic rings. The minimum absolute atomic E-state index is 0.520. The Morgan fingerprint density at radius 2 is 0.919 bits per heavy atom. The lowest BCUT2D eigenvalue weighted by Gasteiger charge is -2.13. The zero-order valence-corrected chi connectivity index (χ0v) is 33.0. The second-order valence-electron chi connectivity index (χ2n) is 16.0. The average molecular weight is 794 g/mol. The molecular weight excluding hydrogens is 763 g/mol. The molecule has 0 saturated heterocycles. The first-order valence-corrected chi connectivity index (χ1v) is 20.8. The van der Waals surface area contributed by atoms with Crippen LogP contribution in [0.2, 0.25) is 0 Å². The zero-order valence-electron chi connectivity index (χ0n) is 33.0. The van der Waals surface area contributed by atoms with Crippen LogP contribution in [-0.2, 0) is 0 Å². The summed E-state index contributed by atoms with van der Waals surface area (Å²) in [5.74, 6) is 1.59. The SMILES string of the molecule is c1ccc2cc3c(cc2c1)c1ccccc1n3-c1ccc(-c2nc(-c3ccc4c(c3)oc3ccccc34)nc(-n3c4ccccc4c4ccccc43)n2)c2c1oc1ccccc12. The van der Waals surface area contributed by atoms with Gasteiger partial charge in [0, 0.05) is 54.2 Å². The van der Waals surface area contributed by atoms with Crippen molar-refractivity contribution in [2.75, 3.05) is 0 Å². The van der Waals surface area contributed by atoms with Crippen LogP contribution in [0.25, 0.3) is 133 Å². The highest BCUT2D eigenvalue weighted by Crippen LogP contribution is 2.43. The molecule has 7 nitrogen and oxygen atoms in total. The number of nitrogens with zero attached hydrogens (tertiary/aromatic N) is 5. The van der Waals surface area contributed by atoms with Crippen LogP contribution in [-0.4, -0.2) is 24.1 Å². The van der Waals surface area contributed by atoms with Crippen molar-refractivity contribution in [3.8, 4) is 34.4 Å². The summed E-state index contributed by atoms with van der Waals surface area (Å²) < 4.78 is 17.8. The number of benzene rings is 9. The molecule has 0 aliphatic heterocycles. The molecule has 5 aromatic heterocycles. The normalized spacial score (nSPS) is 12.2. The van der Waals surface area contributed by atoms with E-state index in [0.29, 0.717) is 17.6 Å². The third-order valence-electron chi connectivity index (χ3n) is 12.6. The molecule has 0 spiro atoms. The first-order valence-electron chi connectivity index (χ1n) is 20.8. The molecule has 5 heterocycles. The Hall–Kier alpha value is -8.55. The van der Waals surface area contributed by atoms with Gasteiger partial charge in [0.15, 0.2) is 17.2 Å². The van der Waals surface area contributed by atoms with Crippen molar-refractivity contribution in [2.45, 2.75) is 0 Å². The predicted molar refractivity (Wildman–Crippen MR) is 251 cm³/mol. The van der Waals surface area contributed by atoms with E-state index in [1.807, 2.05) is 36.4 Å². The number of aromatic nitrogens is 5. The zero-order chi connectivity index (χ0) is 40.5. The second kappa shape index (κ2) is 12.5. The molecule has 0 aliphatic carbocycles. The van der Waals surface area contributed by atoms with Crippen LogP contribution in [0.4, 0.5) is 0 Å². The lowest BCUT2D eigenvalue weighted by molar-refractivity contribution is 0.666. The average Bonchev–Trinajstić information content (AvgIpc) is 4.08. The molecule has 288 valence electrons. The Morgan fingerprint density at radius 1 is 0.355 bits per heavy atom. The lowest BCUT2D eigenvalue weighted by atomic mass is 10.0. The molecule has 0 aliphatic rings. The van der Waals surface area contributed by atoms with Crippen molar-refractivity contribution in [1.82, 2.24) is 24.1 Å². The van der Waals surface area contributed by atoms with Crippen LogP contribution in [0.1, 0.15) is 0 Å². The number of para-hydroxylation sites is 5. The molecule has 0 fully saturated rings. The van der Waals surface area contributed by atoms with Crippen molar-refractivity contribution >= 4 is 98.3 Å². The molecule has 0 radical (unpaired) electrons. The van der Waals surface area contributed by atoms with E-state index in [1.165, 1.54) is 21.5 Å². The Bertz CT molecular complexity index is 4130. The van der Waals surface area contributed by atoms with Crippen LogP contribution >= 0.6 is 0 Å². The maximum atomic E-state index is 6.95. The predicted octanol–water partition coefficient (Wildman–Crippen LogP) is 14.4. The second-order valence-corrected chi connectivity index (χ2v) is 16.0. The lowest BCUT2D eigenvalue weighted by Crippen LogP contribution is -2.06. The number of furan rings is 2. The molecule has 0 saturated carbocycles. The van der Waals surface area contributed by atoms with E-state index < -0.39 is 0 Å². The summed E-state index contributed by atoms with van der Waals surface area (Å²) in [7, 11) is 0. The molecule has 0 bridgehead atoms. The van der Waals surface area contributed by atoms with Crippen LogP contribution in [0.15, 0.2) is 197 Å². The first kappa shape index (κ1) is 33.3. The van der Waals surface area contributed by atoms with Gasteiger partial charge in [-0.25, -0.2) is 4.98 Å². The summed E-state index contributed by atoms with van der Waals surface area (Å²) in [6.45, 7) is 0. The van der Waals surface area contributed by atoms with E-state index in [0.717, 1.165) is 93.5 Å². The fourth-order valence-corrected chi connectivity index (χ4v) is 9.81. The van der Waals surface area contributed by atoms with E-state index >= 15 is 0 Å². The number of fused-ring (bicyclic) bond motifs is 13. The summed E-state index contributed by atoms with van der Waals surface area (Å²) in [6.07, 6.45) is 0. The maximum absolute atomic E-state index is 6.95. The monoisotopic (exact) mass is 793 g/mol. The van der Waals surface area contributed by atoms with E-state index in [-0.39, 0.29) is 0 Å². The first-order chi connectivity index (χ1) is 30.7. The summed E-state index contributed by atoms with van der Waals surface area (Å²) >= 11 is 0. The Kier molecular flexibility index (Phi) is 6.71. The fourth-order valence-electron chi connectivity index (χ4n) is 9.81. The van der Waals surface area contributed by atoms with Gasteiger partial charge >= 0.3 is 0 Å². The molecule has 14 rings (SSSR count). The van der Waals surface area contributed by atoms with E-state index in [4.69, 9.17) is 23.8 Å². The molecular formula is C55H31N5O2. The largest absolute Gasteiger partial charge is 0.456 e. The minimum atomic E-state index is 0.520. The molecule has 7 heteroatoms. The molecule has 0 N–H and O–H groups in total. The van der Waals surface area contributed by atoms with Crippen LogP contribution in [0, 0.1) is 0 Å². The van der Waals surface area contributed by atoms with Gasteiger partial charge in [-0.05, 0) is 77.5 Å². The van der Waals surface area contributed by atoms with Gasteiger partial charge in [0.05, 0.1) is 27.8 Å². The summed E-state index contributed by atoms with van der Waals surface area (Å²) in [4.78, 5) is 16.0. The summed E-state index contributed by atoms with van der Waals surface area (Å²) in [5, 5.41) is 11.0. The van der Waals surface area contributed by atoms with Gasteiger partial charge in [-0.3, -0.25) is 4.57 Å². The molecule has 9 aromatic carbocycles. The topological polar surface area (TPSA) is 74.8 Å². The van der Waals surface area contributed by atoms with E-state index in [9.17, 15) is 0 Å². The highest BCUT2D eigenvalue weighted by Gasteiger charge is 2.24. The van der Waals surface area contributed by atoms with Crippen LogP contribution < -0.4 is 0 Å². The number of rotatable bonds is 4. The van der Waals surface area contributed by atoms with Gasteiger partial charge in [0.2, 0.25) is 5.95 Å². The third kappa shape index (κ3) is 4.67. The summed E-state index contributed by atoms with van der Waals surface area (Å²) in [5.41, 5.74) is 9.99. The van der Waals surface area contributed by atoms with Crippen molar-refractivity contribution in [2.24, 2.45) is 0 Å². The van der Waals surface area contributed by atoms with E-state index in [1.54, 1.807) is 0 Å².